The summed E-state index contributed by atoms with van der Waals surface area (Å²) in [5, 5.41) is 10.7. The number of phosphoric acid groups is 2. The van der Waals surface area contributed by atoms with E-state index in [-0.39, 0.29) is 25.7 Å². The van der Waals surface area contributed by atoms with E-state index in [0.717, 1.165) is 102 Å². The molecule has 17 nitrogen and oxygen atoms in total. The molecule has 594 valence electrons. The first-order chi connectivity index (χ1) is 48.4. The minimum atomic E-state index is -4.96. The lowest BCUT2D eigenvalue weighted by Gasteiger charge is -2.21. The van der Waals surface area contributed by atoms with Gasteiger partial charge in [0, 0.05) is 25.7 Å². The molecule has 0 spiro atoms. The standard InChI is InChI=1S/C81H158O17P2/c1-7-9-11-13-15-17-19-21-22-23-24-26-35-41-47-53-59-65-80(85)97-76(70-92-79(84)64-58-52-46-40-34-29-27-31-37-43-49-55-61-73(3)4)71-95-99(87,88)93-67-75(82)68-94-100(89,90)96-72-77(69-91-78(83)63-57-51-45-39-33-25-20-18-16-14-12-10-8-2)98-81(86)66-60-54-48-42-36-30-28-32-38-44-50-56-62-74(5)6/h73-77,82H,7-72H2,1-6H3,(H,87,88)(H,89,90)/t75-,76-,77-/m1/s1. The molecule has 0 saturated carbocycles. The van der Waals surface area contributed by atoms with E-state index < -0.39 is 97.5 Å². The van der Waals surface area contributed by atoms with Crippen molar-refractivity contribution in [2.45, 2.75) is 445 Å². The molecule has 5 atom stereocenters. The molecule has 0 aromatic heterocycles. The van der Waals surface area contributed by atoms with E-state index >= 15 is 0 Å². The molecule has 0 radical (unpaired) electrons. The maximum Gasteiger partial charge on any atom is 0.472 e. The number of phosphoric ester groups is 2. The quantitative estimate of drug-likeness (QED) is 0.0222. The van der Waals surface area contributed by atoms with Crippen LogP contribution >= 0.6 is 15.6 Å². The van der Waals surface area contributed by atoms with Crippen LogP contribution in [0.5, 0.6) is 0 Å². The molecule has 100 heavy (non-hydrogen) atoms. The minimum Gasteiger partial charge on any atom is -0.462 e. The summed E-state index contributed by atoms with van der Waals surface area (Å²) >= 11 is 0. The molecular weight excluding hydrogens is 1310 g/mol. The summed E-state index contributed by atoms with van der Waals surface area (Å²) in [5.41, 5.74) is 0. The Bertz CT molecular complexity index is 1920. The Morgan fingerprint density at radius 3 is 0.680 bits per heavy atom. The van der Waals surface area contributed by atoms with Gasteiger partial charge in [0.2, 0.25) is 0 Å². The Kier molecular flexibility index (Phi) is 71.2. The molecule has 0 aromatic carbocycles. The highest BCUT2D eigenvalue weighted by atomic mass is 31.2. The van der Waals surface area contributed by atoms with Crippen molar-refractivity contribution in [3.63, 3.8) is 0 Å². The van der Waals surface area contributed by atoms with Crippen LogP contribution in [0, 0.1) is 11.8 Å². The van der Waals surface area contributed by atoms with Crippen molar-refractivity contribution in [2.24, 2.45) is 11.8 Å². The normalized spacial score (nSPS) is 13.9. The fourth-order valence-corrected chi connectivity index (χ4v) is 14.1. The largest absolute Gasteiger partial charge is 0.472 e. The second-order valence-corrected chi connectivity index (χ2v) is 33.0. The van der Waals surface area contributed by atoms with Crippen LogP contribution in [0.1, 0.15) is 427 Å². The van der Waals surface area contributed by atoms with E-state index in [1.54, 1.807) is 0 Å². The second-order valence-electron chi connectivity index (χ2n) is 30.1. The molecule has 0 rings (SSSR count). The first-order valence-corrected chi connectivity index (χ1v) is 45.0. The number of unbranched alkanes of at least 4 members (excludes halogenated alkanes) is 50. The average Bonchev–Trinajstić information content (AvgIpc) is 1.46. The van der Waals surface area contributed by atoms with Crippen molar-refractivity contribution in [2.75, 3.05) is 39.6 Å². The number of rotatable bonds is 80. The maximum atomic E-state index is 13.1. The number of carbonyl (C=O) groups is 4. The molecule has 0 aromatic rings. The summed E-state index contributed by atoms with van der Waals surface area (Å²) in [6.45, 7) is 9.67. The van der Waals surface area contributed by atoms with Crippen LogP contribution in [-0.4, -0.2) is 96.7 Å². The highest BCUT2D eigenvalue weighted by Gasteiger charge is 2.30. The molecule has 19 heteroatoms. The van der Waals surface area contributed by atoms with Gasteiger partial charge >= 0.3 is 39.5 Å². The van der Waals surface area contributed by atoms with Gasteiger partial charge in [0.1, 0.15) is 19.3 Å². The molecule has 0 heterocycles. The summed E-state index contributed by atoms with van der Waals surface area (Å²) in [6.07, 6.45) is 62.2. The first kappa shape index (κ1) is 98.1. The van der Waals surface area contributed by atoms with E-state index in [0.29, 0.717) is 25.7 Å². The van der Waals surface area contributed by atoms with Gasteiger partial charge in [-0.3, -0.25) is 37.3 Å². The summed E-state index contributed by atoms with van der Waals surface area (Å²) in [6, 6.07) is 0. The van der Waals surface area contributed by atoms with Gasteiger partial charge < -0.3 is 33.8 Å². The number of ether oxygens (including phenoxy) is 4. The van der Waals surface area contributed by atoms with Crippen molar-refractivity contribution < 1.29 is 80.2 Å². The third-order valence-corrected chi connectivity index (χ3v) is 20.9. The van der Waals surface area contributed by atoms with Crippen molar-refractivity contribution in [3.05, 3.63) is 0 Å². The Labute approximate surface area is 613 Å². The van der Waals surface area contributed by atoms with Crippen LogP contribution < -0.4 is 0 Å². The molecule has 0 saturated heterocycles. The van der Waals surface area contributed by atoms with E-state index in [1.807, 2.05) is 0 Å². The maximum absolute atomic E-state index is 13.1. The SMILES string of the molecule is CCCCCCCCCCCCCCCCCCCC(=O)O[C@H](COC(=O)CCCCCCCCCCCCCCC(C)C)COP(=O)(O)OC[C@@H](O)COP(=O)(O)OC[C@@H](COC(=O)CCCCCCCCCCCCCCC)OC(=O)CCCCCCCCCCCCCCC(C)C. The minimum absolute atomic E-state index is 0.107. The van der Waals surface area contributed by atoms with Crippen molar-refractivity contribution in [3.8, 4) is 0 Å². The predicted octanol–water partition coefficient (Wildman–Crippen LogP) is 24.3. The van der Waals surface area contributed by atoms with Gasteiger partial charge in [-0.25, -0.2) is 9.13 Å². The highest BCUT2D eigenvalue weighted by Crippen LogP contribution is 2.45. The molecule has 0 fully saturated rings. The smallest absolute Gasteiger partial charge is 0.462 e. The lowest BCUT2D eigenvalue weighted by Crippen LogP contribution is -2.30. The summed E-state index contributed by atoms with van der Waals surface area (Å²) in [7, 11) is -9.92. The fourth-order valence-electron chi connectivity index (χ4n) is 12.5. The number of hydrogen-bond donors (Lipinski definition) is 3. The third kappa shape index (κ3) is 74.3. The van der Waals surface area contributed by atoms with Gasteiger partial charge in [-0.2, -0.15) is 0 Å². The van der Waals surface area contributed by atoms with Gasteiger partial charge in [0.05, 0.1) is 26.4 Å². The monoisotopic (exact) mass is 1470 g/mol. The Hall–Kier alpha value is -1.94. The average molecular weight is 1470 g/mol. The van der Waals surface area contributed by atoms with E-state index in [2.05, 4.69) is 41.5 Å². The molecular formula is C81H158O17P2. The first-order valence-electron chi connectivity index (χ1n) is 42.0. The number of hydrogen-bond acceptors (Lipinski definition) is 15. The van der Waals surface area contributed by atoms with Crippen LogP contribution in [-0.2, 0) is 65.4 Å². The number of aliphatic hydroxyl groups is 1. The lowest BCUT2D eigenvalue weighted by atomic mass is 10.0. The highest BCUT2D eigenvalue weighted by molar-refractivity contribution is 7.47. The predicted molar refractivity (Wildman–Crippen MR) is 409 cm³/mol. The van der Waals surface area contributed by atoms with E-state index in [4.69, 9.17) is 37.0 Å². The molecule has 0 amide bonds. The van der Waals surface area contributed by atoms with Gasteiger partial charge in [0.25, 0.3) is 0 Å². The lowest BCUT2D eigenvalue weighted by molar-refractivity contribution is -0.161. The van der Waals surface area contributed by atoms with Crippen LogP contribution in [0.15, 0.2) is 0 Å². The number of carbonyl (C=O) groups excluding carboxylic acids is 4. The topological polar surface area (TPSA) is 237 Å². The van der Waals surface area contributed by atoms with Gasteiger partial charge in [0.15, 0.2) is 12.2 Å². The Balaban J connectivity index is 5.27. The molecule has 0 aliphatic heterocycles. The molecule has 0 aliphatic carbocycles. The zero-order valence-corrected chi connectivity index (χ0v) is 67.3. The van der Waals surface area contributed by atoms with Crippen LogP contribution in [0.25, 0.3) is 0 Å². The fraction of sp³-hybridized carbons (Fsp3) is 0.951. The Morgan fingerprint density at radius 1 is 0.270 bits per heavy atom. The van der Waals surface area contributed by atoms with E-state index in [9.17, 15) is 43.2 Å². The van der Waals surface area contributed by atoms with Crippen molar-refractivity contribution in [1.82, 2.24) is 0 Å². The number of esters is 4. The summed E-state index contributed by atoms with van der Waals surface area (Å²) < 4.78 is 68.8. The molecule has 2 unspecified atom stereocenters. The van der Waals surface area contributed by atoms with Crippen LogP contribution in [0.3, 0.4) is 0 Å². The number of aliphatic hydroxyl groups excluding tert-OH is 1. The van der Waals surface area contributed by atoms with Gasteiger partial charge in [-0.15, -0.1) is 0 Å². The van der Waals surface area contributed by atoms with Gasteiger partial charge in [-0.05, 0) is 37.5 Å². The van der Waals surface area contributed by atoms with Crippen molar-refractivity contribution in [1.29, 1.82) is 0 Å². The molecule has 0 bridgehead atoms. The second kappa shape index (κ2) is 72.6. The zero-order chi connectivity index (χ0) is 73.5. The summed E-state index contributed by atoms with van der Waals surface area (Å²) in [5.74, 6) is -0.547. The summed E-state index contributed by atoms with van der Waals surface area (Å²) in [4.78, 5) is 73.1. The Morgan fingerprint density at radius 2 is 0.460 bits per heavy atom. The van der Waals surface area contributed by atoms with Crippen LogP contribution in [0.2, 0.25) is 0 Å². The third-order valence-electron chi connectivity index (χ3n) is 19.0. The van der Waals surface area contributed by atoms with Crippen molar-refractivity contribution >= 4 is 39.5 Å². The van der Waals surface area contributed by atoms with E-state index in [1.165, 1.54) is 244 Å². The molecule has 0 aliphatic rings. The molecule has 3 N–H and O–H groups in total. The zero-order valence-electron chi connectivity index (χ0n) is 65.5. The van der Waals surface area contributed by atoms with Crippen LogP contribution in [0.4, 0.5) is 0 Å². The van der Waals surface area contributed by atoms with Gasteiger partial charge in [-0.1, -0.05) is 375 Å².